The van der Waals surface area contributed by atoms with Crippen LogP contribution in [0.1, 0.15) is 36.8 Å². The number of amides is 1. The molecule has 1 aromatic carbocycles. The van der Waals surface area contributed by atoms with Crippen LogP contribution in [-0.4, -0.2) is 47.8 Å². The van der Waals surface area contributed by atoms with Crippen LogP contribution in [0.2, 0.25) is 0 Å². The summed E-state index contributed by atoms with van der Waals surface area (Å²) in [5.41, 5.74) is 2.51. The van der Waals surface area contributed by atoms with Gasteiger partial charge in [-0.25, -0.2) is 8.78 Å². The number of benzene rings is 1. The van der Waals surface area contributed by atoms with Crippen molar-refractivity contribution >= 4 is 5.91 Å². The van der Waals surface area contributed by atoms with E-state index in [1.807, 2.05) is 0 Å². The van der Waals surface area contributed by atoms with E-state index in [-0.39, 0.29) is 37.8 Å². The molecule has 1 atom stereocenters. The van der Waals surface area contributed by atoms with E-state index in [1.54, 1.807) is 4.90 Å². The molecule has 0 saturated carbocycles. The summed E-state index contributed by atoms with van der Waals surface area (Å²) < 4.78 is 26.5. The first-order chi connectivity index (χ1) is 11.4. The second kappa shape index (κ2) is 7.18. The maximum Gasteiger partial charge on any atom is 0.251 e. The number of alkyl halides is 2. The van der Waals surface area contributed by atoms with Crippen LogP contribution in [0.4, 0.5) is 8.78 Å². The molecule has 5 heteroatoms. The van der Waals surface area contributed by atoms with E-state index >= 15 is 0 Å². The highest BCUT2D eigenvalue weighted by Gasteiger charge is 2.38. The number of hydrogen-bond donors (Lipinski definition) is 0. The van der Waals surface area contributed by atoms with Crippen LogP contribution in [0.15, 0.2) is 24.3 Å². The Morgan fingerprint density at radius 3 is 2.71 bits per heavy atom. The number of aryl methyl sites for hydroxylation is 1. The Hall–Kier alpha value is -1.49. The van der Waals surface area contributed by atoms with E-state index in [2.05, 4.69) is 36.1 Å². The second-order valence-electron chi connectivity index (χ2n) is 7.24. The zero-order valence-corrected chi connectivity index (χ0v) is 14.3. The predicted molar refractivity (Wildman–Crippen MR) is 89.9 cm³/mol. The summed E-state index contributed by atoms with van der Waals surface area (Å²) >= 11 is 0. The maximum atomic E-state index is 13.3. The fourth-order valence-corrected chi connectivity index (χ4v) is 3.78. The van der Waals surface area contributed by atoms with Crippen molar-refractivity contribution in [3.63, 3.8) is 0 Å². The van der Waals surface area contributed by atoms with Gasteiger partial charge in [0.1, 0.15) is 0 Å². The maximum absolute atomic E-state index is 13.3. The van der Waals surface area contributed by atoms with Crippen LogP contribution >= 0.6 is 0 Å². The Morgan fingerprint density at radius 1 is 1.25 bits per heavy atom. The molecular formula is C19H26F2N2O. The average molecular weight is 336 g/mol. The summed E-state index contributed by atoms with van der Waals surface area (Å²) in [4.78, 5) is 16.6. The zero-order chi connectivity index (χ0) is 17.2. The lowest BCUT2D eigenvalue weighted by Crippen LogP contribution is -2.48. The second-order valence-corrected chi connectivity index (χ2v) is 7.24. The molecular weight excluding hydrogens is 310 g/mol. The lowest BCUT2D eigenvalue weighted by molar-refractivity contribution is -0.143. The molecule has 0 spiro atoms. The molecule has 0 aliphatic carbocycles. The van der Waals surface area contributed by atoms with E-state index in [0.29, 0.717) is 0 Å². The van der Waals surface area contributed by atoms with E-state index in [1.165, 1.54) is 11.1 Å². The Labute approximate surface area is 142 Å². The Bertz CT molecular complexity index is 580. The van der Waals surface area contributed by atoms with Gasteiger partial charge in [0, 0.05) is 39.0 Å². The standard InChI is InChI=1S/C19H26F2N2O/c1-15-4-2-5-16(12-15)13-22-9-3-6-17(14-22)18(24)23-10-7-19(20,21)8-11-23/h2,4-5,12,17H,3,6-11,13-14H2,1H3. The molecule has 2 aliphatic heterocycles. The molecule has 2 heterocycles. The zero-order valence-electron chi connectivity index (χ0n) is 14.3. The lowest BCUT2D eigenvalue weighted by Gasteiger charge is -2.37. The third-order valence-electron chi connectivity index (χ3n) is 5.15. The molecule has 1 amide bonds. The number of carbonyl (C=O) groups is 1. The molecule has 132 valence electrons. The smallest absolute Gasteiger partial charge is 0.251 e. The Kier molecular flexibility index (Phi) is 5.18. The summed E-state index contributed by atoms with van der Waals surface area (Å²) in [5, 5.41) is 0. The van der Waals surface area contributed by atoms with Crippen LogP contribution in [0.25, 0.3) is 0 Å². The predicted octanol–water partition coefficient (Wildman–Crippen LogP) is 3.46. The van der Waals surface area contributed by atoms with Crippen molar-refractivity contribution in [2.45, 2.75) is 45.1 Å². The monoisotopic (exact) mass is 336 g/mol. The minimum absolute atomic E-state index is 0.0460. The third-order valence-corrected chi connectivity index (χ3v) is 5.15. The Balaban J connectivity index is 1.56. The van der Waals surface area contributed by atoms with Gasteiger partial charge in [0.25, 0.3) is 5.92 Å². The molecule has 0 radical (unpaired) electrons. The summed E-state index contributed by atoms with van der Waals surface area (Å²) in [5.74, 6) is -2.57. The largest absolute Gasteiger partial charge is 0.342 e. The van der Waals surface area contributed by atoms with E-state index in [0.717, 1.165) is 32.5 Å². The molecule has 24 heavy (non-hydrogen) atoms. The SMILES string of the molecule is Cc1cccc(CN2CCCC(C(=O)N3CCC(F)(F)CC3)C2)c1. The summed E-state index contributed by atoms with van der Waals surface area (Å²) in [6, 6.07) is 8.44. The van der Waals surface area contributed by atoms with Gasteiger partial charge in [0.2, 0.25) is 5.91 Å². The number of hydrogen-bond acceptors (Lipinski definition) is 2. The molecule has 2 aliphatic rings. The van der Waals surface area contributed by atoms with Gasteiger partial charge in [-0.2, -0.15) is 0 Å². The van der Waals surface area contributed by atoms with Gasteiger partial charge in [0.05, 0.1) is 5.92 Å². The van der Waals surface area contributed by atoms with Gasteiger partial charge in [-0.15, -0.1) is 0 Å². The average Bonchev–Trinajstić information content (AvgIpc) is 2.54. The van der Waals surface area contributed by atoms with Crippen molar-refractivity contribution in [1.82, 2.24) is 9.80 Å². The van der Waals surface area contributed by atoms with Crippen LogP contribution in [-0.2, 0) is 11.3 Å². The van der Waals surface area contributed by atoms with Crippen molar-refractivity contribution in [2.24, 2.45) is 5.92 Å². The van der Waals surface area contributed by atoms with Crippen molar-refractivity contribution in [3.8, 4) is 0 Å². The quantitative estimate of drug-likeness (QED) is 0.844. The first-order valence-electron chi connectivity index (χ1n) is 8.87. The highest BCUT2D eigenvalue weighted by Crippen LogP contribution is 2.29. The van der Waals surface area contributed by atoms with Crippen LogP contribution < -0.4 is 0 Å². The summed E-state index contributed by atoms with van der Waals surface area (Å²) in [6.07, 6.45) is 1.47. The number of likely N-dealkylation sites (tertiary alicyclic amines) is 2. The molecule has 3 rings (SSSR count). The van der Waals surface area contributed by atoms with Gasteiger partial charge in [-0.1, -0.05) is 29.8 Å². The van der Waals surface area contributed by atoms with Crippen LogP contribution in [0, 0.1) is 12.8 Å². The van der Waals surface area contributed by atoms with E-state index in [4.69, 9.17) is 0 Å². The van der Waals surface area contributed by atoms with Gasteiger partial charge in [-0.05, 0) is 31.9 Å². The van der Waals surface area contributed by atoms with E-state index < -0.39 is 5.92 Å². The van der Waals surface area contributed by atoms with Gasteiger partial charge < -0.3 is 4.90 Å². The minimum atomic E-state index is -2.60. The minimum Gasteiger partial charge on any atom is -0.342 e. The van der Waals surface area contributed by atoms with Crippen molar-refractivity contribution < 1.29 is 13.6 Å². The van der Waals surface area contributed by atoms with Crippen LogP contribution in [0.3, 0.4) is 0 Å². The molecule has 0 N–H and O–H groups in total. The normalized spacial score (nSPS) is 24.8. The molecule has 0 aromatic heterocycles. The molecule has 1 aromatic rings. The van der Waals surface area contributed by atoms with E-state index in [9.17, 15) is 13.6 Å². The number of rotatable bonds is 3. The molecule has 1 unspecified atom stereocenters. The van der Waals surface area contributed by atoms with Gasteiger partial charge in [-0.3, -0.25) is 9.69 Å². The number of piperidine rings is 2. The number of carbonyl (C=O) groups excluding carboxylic acids is 1. The summed E-state index contributed by atoms with van der Waals surface area (Å²) in [6.45, 7) is 5.05. The molecule has 2 saturated heterocycles. The molecule has 0 bridgehead atoms. The molecule has 2 fully saturated rings. The Morgan fingerprint density at radius 2 is 2.00 bits per heavy atom. The van der Waals surface area contributed by atoms with Gasteiger partial charge >= 0.3 is 0 Å². The number of nitrogens with zero attached hydrogens (tertiary/aromatic N) is 2. The number of halogens is 2. The topological polar surface area (TPSA) is 23.6 Å². The highest BCUT2D eigenvalue weighted by molar-refractivity contribution is 5.79. The van der Waals surface area contributed by atoms with Crippen molar-refractivity contribution in [1.29, 1.82) is 0 Å². The fraction of sp³-hybridized carbons (Fsp3) is 0.632. The van der Waals surface area contributed by atoms with Gasteiger partial charge in [0.15, 0.2) is 0 Å². The summed E-state index contributed by atoms with van der Waals surface area (Å²) in [7, 11) is 0. The first-order valence-corrected chi connectivity index (χ1v) is 8.87. The van der Waals surface area contributed by atoms with Crippen molar-refractivity contribution in [3.05, 3.63) is 35.4 Å². The van der Waals surface area contributed by atoms with Crippen molar-refractivity contribution in [2.75, 3.05) is 26.2 Å². The fourth-order valence-electron chi connectivity index (χ4n) is 3.78. The first kappa shape index (κ1) is 17.3. The van der Waals surface area contributed by atoms with Crippen LogP contribution in [0.5, 0.6) is 0 Å². The lowest BCUT2D eigenvalue weighted by atomic mass is 9.94. The molecule has 3 nitrogen and oxygen atoms in total. The third kappa shape index (κ3) is 4.32. The highest BCUT2D eigenvalue weighted by atomic mass is 19.3.